The van der Waals surface area contributed by atoms with E-state index in [0.29, 0.717) is 5.56 Å². The summed E-state index contributed by atoms with van der Waals surface area (Å²) < 4.78 is 7.94. The van der Waals surface area contributed by atoms with Crippen molar-refractivity contribution in [3.05, 3.63) is 47.3 Å². The van der Waals surface area contributed by atoms with Gasteiger partial charge in [-0.2, -0.15) is 19.4 Å². The zero-order chi connectivity index (χ0) is 12.4. The first kappa shape index (κ1) is 16.9. The Balaban J connectivity index is 0. The van der Waals surface area contributed by atoms with E-state index in [9.17, 15) is 0 Å². The Morgan fingerprint density at radius 3 is 1.93 bits per heavy atom. The predicted molar refractivity (Wildman–Crippen MR) is 57.8 cm³/mol. The van der Waals surface area contributed by atoms with Gasteiger partial charge >= 0.3 is 19.5 Å². The Morgan fingerprint density at radius 1 is 1.40 bits per heavy atom. The van der Waals surface area contributed by atoms with Crippen LogP contribution in [-0.4, -0.2) is 5.11 Å². The fraction of sp³-hybridized carbons (Fsp3) is 0.100. The van der Waals surface area contributed by atoms with E-state index in [0.717, 1.165) is 0 Å². The van der Waals surface area contributed by atoms with Crippen molar-refractivity contribution in [2.45, 2.75) is 6.92 Å². The molecule has 15 heavy (non-hydrogen) atoms. The first-order valence-corrected chi connectivity index (χ1v) is 4.78. The summed E-state index contributed by atoms with van der Waals surface area (Å²) in [5.74, 6) is -0.0873. The maximum absolute atomic E-state index is 9.04. The molecule has 0 unspecified atom stereocenters. The van der Waals surface area contributed by atoms with Crippen LogP contribution in [0.2, 0.25) is 10.0 Å². The van der Waals surface area contributed by atoms with Gasteiger partial charge in [0.1, 0.15) is 5.75 Å². The van der Waals surface area contributed by atoms with Gasteiger partial charge in [0.05, 0.1) is 0 Å². The van der Waals surface area contributed by atoms with Gasteiger partial charge in [-0.1, -0.05) is 23.2 Å². The van der Waals surface area contributed by atoms with Gasteiger partial charge in [-0.15, -0.1) is 12.1 Å². The monoisotopic (exact) mass is 291 g/mol. The zero-order valence-electron chi connectivity index (χ0n) is 8.01. The number of aromatic hydroxyl groups is 1. The van der Waals surface area contributed by atoms with Crippen molar-refractivity contribution < 1.29 is 24.6 Å². The Morgan fingerprint density at radius 2 is 1.67 bits per heavy atom. The fourth-order valence-corrected chi connectivity index (χ4v) is 1.15. The van der Waals surface area contributed by atoms with Gasteiger partial charge in [0, 0.05) is 10.0 Å². The quantitative estimate of drug-likeness (QED) is 0.739. The van der Waals surface area contributed by atoms with Crippen LogP contribution in [0.3, 0.4) is 0 Å². The number of phenolic OH excluding ortho intramolecular Hbond substituents is 1. The van der Waals surface area contributed by atoms with Crippen LogP contribution in [0.4, 0.5) is 0 Å². The minimum atomic E-state index is -0.0873. The van der Waals surface area contributed by atoms with E-state index >= 15 is 0 Å². The summed E-state index contributed by atoms with van der Waals surface area (Å²) in [6, 6.07) is 3.09. The van der Waals surface area contributed by atoms with Crippen LogP contribution in [0.25, 0.3) is 0 Å². The third kappa shape index (κ3) is 7.45. The number of hydrogen-bond donors (Lipinski definition) is 1. The molecule has 1 rings (SSSR count). The molecule has 0 atom stereocenters. The van der Waals surface area contributed by atoms with Gasteiger partial charge in [-0.3, -0.25) is 6.58 Å². The van der Waals surface area contributed by atoms with Crippen LogP contribution in [0.15, 0.2) is 18.7 Å². The van der Waals surface area contributed by atoms with Gasteiger partial charge < -0.3 is 11.2 Å². The third-order valence-electron chi connectivity index (χ3n) is 1.08. The molecule has 0 aliphatic rings. The Labute approximate surface area is 108 Å². The normalized spacial score (nSPS) is 7.73. The molecule has 0 bridgehead atoms. The van der Waals surface area contributed by atoms with Crippen LogP contribution in [0.5, 0.6) is 5.75 Å². The van der Waals surface area contributed by atoms with Crippen molar-refractivity contribution in [2.24, 2.45) is 0 Å². The van der Waals surface area contributed by atoms with Gasteiger partial charge in [0.15, 0.2) is 0 Å². The molecular weight excluding hydrogens is 282 g/mol. The molecule has 0 radical (unpaired) electrons. The van der Waals surface area contributed by atoms with Crippen LogP contribution in [-0.2, 0) is 19.5 Å². The first-order valence-electron chi connectivity index (χ1n) is 3.60. The standard InChI is InChI=1S/C7H5Cl2O.C3H5.Co.O/c1-4-2-5(8)7(10)6(9)3-4;1-3-2;;/h2-3,10H,1H2;1H2,2H3;;/q2*-1;;. The number of rotatable bonds is 0. The predicted octanol–water partition coefficient (Wildman–Crippen LogP) is 3.76. The summed E-state index contributed by atoms with van der Waals surface area (Å²) in [6.45, 7) is 8.60. The van der Waals surface area contributed by atoms with E-state index in [1.165, 1.54) is 0 Å². The number of hydrogen-bond acceptors (Lipinski definition) is 2. The van der Waals surface area contributed by atoms with Gasteiger partial charge in [0.2, 0.25) is 0 Å². The van der Waals surface area contributed by atoms with Crippen LogP contribution >= 0.6 is 23.2 Å². The molecule has 1 aromatic rings. The van der Waals surface area contributed by atoms with E-state index in [1.54, 1.807) is 19.1 Å². The van der Waals surface area contributed by atoms with Crippen molar-refractivity contribution in [3.8, 4) is 5.75 Å². The molecule has 0 saturated heterocycles. The average molecular weight is 292 g/mol. The molecular formula is C10H10Cl2CoO2-2. The summed E-state index contributed by atoms with van der Waals surface area (Å²) in [6.07, 6.45) is 2.50. The SMILES string of the molecule is C=[C-]C.[CH2-]c1cc(Cl)c(O)c(Cl)c1.[O]=[Co]. The second-order valence-corrected chi connectivity index (χ2v) is 3.08. The summed E-state index contributed by atoms with van der Waals surface area (Å²) in [4.78, 5) is 0. The summed E-state index contributed by atoms with van der Waals surface area (Å²) in [7, 11) is 0. The molecule has 0 aliphatic carbocycles. The molecule has 0 aliphatic heterocycles. The molecule has 1 aromatic carbocycles. The number of allylic oxidation sites excluding steroid dienone is 1. The zero-order valence-corrected chi connectivity index (χ0v) is 10.6. The molecule has 0 spiro atoms. The van der Waals surface area contributed by atoms with Crippen LogP contribution in [0, 0.1) is 13.0 Å². The van der Waals surface area contributed by atoms with Gasteiger partial charge in [0.25, 0.3) is 0 Å². The van der Waals surface area contributed by atoms with E-state index in [-0.39, 0.29) is 15.8 Å². The summed E-state index contributed by atoms with van der Waals surface area (Å²) in [5.41, 5.74) is 0.688. The Bertz CT molecular complexity index is 293. The number of benzene rings is 1. The first-order chi connectivity index (χ1) is 7.02. The van der Waals surface area contributed by atoms with Crippen molar-refractivity contribution in [1.82, 2.24) is 0 Å². The second-order valence-electron chi connectivity index (χ2n) is 2.26. The van der Waals surface area contributed by atoms with Crippen molar-refractivity contribution in [1.29, 1.82) is 0 Å². The molecule has 87 valence electrons. The third-order valence-corrected chi connectivity index (χ3v) is 1.65. The topological polar surface area (TPSA) is 37.3 Å². The minimum absolute atomic E-state index is 0.0873. The summed E-state index contributed by atoms with van der Waals surface area (Å²) in [5, 5.41) is 9.51. The van der Waals surface area contributed by atoms with Crippen molar-refractivity contribution in [3.63, 3.8) is 0 Å². The van der Waals surface area contributed by atoms with E-state index in [2.05, 4.69) is 35.2 Å². The van der Waals surface area contributed by atoms with Gasteiger partial charge in [-0.25, -0.2) is 0 Å². The van der Waals surface area contributed by atoms with Crippen LogP contribution < -0.4 is 0 Å². The molecule has 0 heterocycles. The average Bonchev–Trinajstić information content (AvgIpc) is 2.18. The maximum atomic E-state index is 9.04. The van der Waals surface area contributed by atoms with E-state index in [1.807, 2.05) is 0 Å². The van der Waals surface area contributed by atoms with E-state index in [4.69, 9.17) is 32.2 Å². The molecule has 0 amide bonds. The Hall–Kier alpha value is -0.484. The second kappa shape index (κ2) is 10.0. The molecule has 2 nitrogen and oxygen atoms in total. The molecule has 0 fully saturated rings. The Kier molecular flexibility index (Phi) is 11.3. The van der Waals surface area contributed by atoms with Gasteiger partial charge in [-0.05, 0) is 0 Å². The van der Waals surface area contributed by atoms with Crippen molar-refractivity contribution >= 4 is 23.2 Å². The molecule has 5 heteroatoms. The number of phenols is 1. The van der Waals surface area contributed by atoms with Crippen molar-refractivity contribution in [2.75, 3.05) is 0 Å². The molecule has 0 aromatic heterocycles. The summed E-state index contributed by atoms with van der Waals surface area (Å²) >= 11 is 13.4. The van der Waals surface area contributed by atoms with Crippen LogP contribution in [0.1, 0.15) is 12.5 Å². The number of halogens is 2. The fourth-order valence-electron chi connectivity index (χ4n) is 0.618. The molecule has 1 N–H and O–H groups in total. The van der Waals surface area contributed by atoms with E-state index < -0.39 is 0 Å². The molecule has 0 saturated carbocycles.